The minimum Gasteiger partial charge on any atom is -0.545 e. The Balaban J connectivity index is 3.41. The van der Waals surface area contributed by atoms with Crippen molar-refractivity contribution < 1.29 is 19.8 Å². The van der Waals surface area contributed by atoms with Gasteiger partial charge in [0.2, 0.25) is 0 Å². The summed E-state index contributed by atoms with van der Waals surface area (Å²) in [6.07, 6.45) is 0.961. The highest BCUT2D eigenvalue weighted by molar-refractivity contribution is 5.91. The number of carbonyl (C=O) groups excluding carboxylic acids is 2. The maximum atomic E-state index is 10.5. The van der Waals surface area contributed by atoms with Crippen LogP contribution in [-0.2, 0) is 0 Å². The quantitative estimate of drug-likeness (QED) is 0.565. The van der Waals surface area contributed by atoms with Gasteiger partial charge in [0.05, 0.1) is 17.6 Å². The minimum absolute atomic E-state index is 0.104. The Bertz CT molecular complexity index is 373. The molecule has 14 heavy (non-hydrogen) atoms. The Morgan fingerprint density at radius 2 is 1.71 bits per heavy atom. The van der Waals surface area contributed by atoms with Crippen molar-refractivity contribution >= 4 is 11.9 Å². The lowest BCUT2D eigenvalue weighted by atomic mass is 10.0. The number of pyridine rings is 1. The largest absolute Gasteiger partial charge is 0.545 e. The van der Waals surface area contributed by atoms with Crippen molar-refractivity contribution in [2.24, 2.45) is 0 Å². The van der Waals surface area contributed by atoms with Gasteiger partial charge in [0, 0.05) is 11.8 Å². The number of rotatable bonds is 2. The van der Waals surface area contributed by atoms with Gasteiger partial charge in [-0.2, -0.15) is 0 Å². The summed E-state index contributed by atoms with van der Waals surface area (Å²) in [6, 6.07) is 0. The molecule has 5 heteroatoms. The molecule has 1 aromatic rings. The van der Waals surface area contributed by atoms with Crippen molar-refractivity contribution in [2.45, 2.75) is 13.8 Å². The fraction of sp³-hybridized carbons (Fsp3) is 0.222. The van der Waals surface area contributed by atoms with Crippen molar-refractivity contribution in [3.8, 4) is 0 Å². The highest BCUT2D eigenvalue weighted by Gasteiger charge is 2.08. The van der Waals surface area contributed by atoms with Gasteiger partial charge in [-0.1, -0.05) is 0 Å². The molecule has 0 amide bonds. The minimum atomic E-state index is -1.42. The molecule has 0 fully saturated rings. The third-order valence-corrected chi connectivity index (χ3v) is 2.06. The van der Waals surface area contributed by atoms with Gasteiger partial charge in [-0.25, -0.2) is 0 Å². The van der Waals surface area contributed by atoms with Gasteiger partial charge < -0.3 is 19.8 Å². The third-order valence-electron chi connectivity index (χ3n) is 2.06. The first-order valence-corrected chi connectivity index (χ1v) is 3.84. The SMILES string of the molecule is Cc1c(C(=O)[O-])cnc(C(=O)[O-])c1C. The van der Waals surface area contributed by atoms with Crippen LogP contribution < -0.4 is 10.2 Å². The summed E-state index contributed by atoms with van der Waals surface area (Å²) in [7, 11) is 0. The first-order valence-electron chi connectivity index (χ1n) is 3.84. The van der Waals surface area contributed by atoms with Crippen LogP contribution in [0.1, 0.15) is 32.0 Å². The van der Waals surface area contributed by atoms with Crippen molar-refractivity contribution in [1.82, 2.24) is 4.98 Å². The molecule has 0 unspecified atom stereocenters. The Morgan fingerprint density at radius 1 is 1.14 bits per heavy atom. The Kier molecular flexibility index (Phi) is 2.51. The van der Waals surface area contributed by atoms with Crippen LogP contribution in [0.2, 0.25) is 0 Å². The Labute approximate surface area is 80.0 Å². The first-order chi connectivity index (χ1) is 6.45. The molecule has 0 atom stereocenters. The van der Waals surface area contributed by atoms with E-state index in [9.17, 15) is 19.8 Å². The number of hydrogen-bond donors (Lipinski definition) is 0. The zero-order chi connectivity index (χ0) is 10.9. The number of carboxylic acid groups (broad SMARTS) is 2. The fourth-order valence-electron chi connectivity index (χ4n) is 1.11. The van der Waals surface area contributed by atoms with E-state index in [0.29, 0.717) is 5.56 Å². The first kappa shape index (κ1) is 10.2. The van der Waals surface area contributed by atoms with E-state index in [1.54, 1.807) is 0 Å². The zero-order valence-electron chi connectivity index (χ0n) is 7.66. The van der Waals surface area contributed by atoms with Crippen molar-refractivity contribution in [3.63, 3.8) is 0 Å². The van der Waals surface area contributed by atoms with Gasteiger partial charge >= 0.3 is 0 Å². The summed E-state index contributed by atoms with van der Waals surface area (Å²) >= 11 is 0. The molecule has 0 aromatic carbocycles. The molecule has 0 spiro atoms. The number of carbonyl (C=O) groups is 2. The van der Waals surface area contributed by atoms with E-state index in [1.807, 2.05) is 0 Å². The van der Waals surface area contributed by atoms with Crippen molar-refractivity contribution in [1.29, 1.82) is 0 Å². The maximum absolute atomic E-state index is 10.5. The Hall–Kier alpha value is -1.91. The smallest absolute Gasteiger partial charge is 0.0902 e. The average molecular weight is 193 g/mol. The molecule has 0 radical (unpaired) electrons. The summed E-state index contributed by atoms with van der Waals surface area (Å²) in [5.41, 5.74) is 0.269. The number of aromatic nitrogens is 1. The molecule has 0 aliphatic carbocycles. The third kappa shape index (κ3) is 1.56. The predicted octanol–water partition coefficient (Wildman–Crippen LogP) is -1.57. The van der Waals surface area contributed by atoms with E-state index in [0.717, 1.165) is 6.20 Å². The molecule has 1 heterocycles. The van der Waals surface area contributed by atoms with E-state index < -0.39 is 11.9 Å². The van der Waals surface area contributed by atoms with Crippen LogP contribution in [0.4, 0.5) is 0 Å². The van der Waals surface area contributed by atoms with Crippen LogP contribution in [0, 0.1) is 13.8 Å². The van der Waals surface area contributed by atoms with E-state index >= 15 is 0 Å². The van der Waals surface area contributed by atoms with E-state index in [4.69, 9.17) is 0 Å². The lowest BCUT2D eigenvalue weighted by Crippen LogP contribution is -2.28. The van der Waals surface area contributed by atoms with Crippen LogP contribution in [0.15, 0.2) is 6.20 Å². The number of nitrogens with zero attached hydrogens (tertiary/aromatic N) is 1. The number of carboxylic acids is 2. The molecule has 0 bridgehead atoms. The molecular formula is C9H7NO4-2. The number of aromatic carboxylic acids is 2. The monoisotopic (exact) mass is 193 g/mol. The normalized spacial score (nSPS) is 9.86. The average Bonchev–Trinajstić information content (AvgIpc) is 2.08. The second-order valence-electron chi connectivity index (χ2n) is 2.85. The van der Waals surface area contributed by atoms with Gasteiger partial charge in [-0.3, -0.25) is 4.98 Å². The highest BCUT2D eigenvalue weighted by Crippen LogP contribution is 2.14. The van der Waals surface area contributed by atoms with Gasteiger partial charge in [0.15, 0.2) is 0 Å². The molecular weight excluding hydrogens is 186 g/mol. The summed E-state index contributed by atoms with van der Waals surface area (Å²) in [6.45, 7) is 2.97. The molecule has 5 nitrogen and oxygen atoms in total. The Morgan fingerprint density at radius 3 is 2.14 bits per heavy atom. The van der Waals surface area contributed by atoms with Crippen molar-refractivity contribution in [2.75, 3.05) is 0 Å². The summed E-state index contributed by atoms with van der Waals surface area (Å²) < 4.78 is 0. The summed E-state index contributed by atoms with van der Waals surface area (Å²) in [5, 5.41) is 21.1. The standard InChI is InChI=1S/C9H9NO4/c1-4-5(2)7(9(13)14)10-3-6(4)8(11)12/h3H,1-2H3,(H,11,12)(H,13,14)/p-2. The molecule has 0 saturated heterocycles. The zero-order valence-corrected chi connectivity index (χ0v) is 7.66. The van der Waals surface area contributed by atoms with Crippen LogP contribution in [-0.4, -0.2) is 16.9 Å². The molecule has 1 rings (SSSR count). The van der Waals surface area contributed by atoms with Crippen LogP contribution >= 0.6 is 0 Å². The summed E-state index contributed by atoms with van der Waals surface area (Å²) in [4.78, 5) is 24.5. The molecule has 0 aliphatic rings. The molecule has 0 aliphatic heterocycles. The second kappa shape index (κ2) is 3.45. The summed E-state index contributed by atoms with van der Waals surface area (Å²) in [5.74, 6) is -2.79. The van der Waals surface area contributed by atoms with Crippen LogP contribution in [0.5, 0.6) is 0 Å². The van der Waals surface area contributed by atoms with Gasteiger partial charge in [-0.15, -0.1) is 0 Å². The molecule has 0 N–H and O–H groups in total. The van der Waals surface area contributed by atoms with Crippen LogP contribution in [0.25, 0.3) is 0 Å². The molecule has 0 saturated carbocycles. The van der Waals surface area contributed by atoms with E-state index in [1.165, 1.54) is 13.8 Å². The topological polar surface area (TPSA) is 93.2 Å². The molecule has 74 valence electrons. The fourth-order valence-corrected chi connectivity index (χ4v) is 1.11. The lowest BCUT2D eigenvalue weighted by Gasteiger charge is -2.13. The van der Waals surface area contributed by atoms with Crippen molar-refractivity contribution in [3.05, 3.63) is 28.6 Å². The number of hydrogen-bond acceptors (Lipinski definition) is 5. The van der Waals surface area contributed by atoms with Gasteiger partial charge in [0.25, 0.3) is 0 Å². The highest BCUT2D eigenvalue weighted by atomic mass is 16.4. The van der Waals surface area contributed by atoms with Gasteiger partial charge in [-0.05, 0) is 25.0 Å². The predicted molar refractivity (Wildman–Crippen MR) is 42.4 cm³/mol. The molecule has 1 aromatic heterocycles. The van der Waals surface area contributed by atoms with Crippen LogP contribution in [0.3, 0.4) is 0 Å². The maximum Gasteiger partial charge on any atom is 0.0902 e. The van der Waals surface area contributed by atoms with E-state index in [-0.39, 0.29) is 16.8 Å². The lowest BCUT2D eigenvalue weighted by molar-refractivity contribution is -0.257. The second-order valence-corrected chi connectivity index (χ2v) is 2.85. The van der Waals surface area contributed by atoms with Gasteiger partial charge in [0.1, 0.15) is 0 Å². The van der Waals surface area contributed by atoms with E-state index in [2.05, 4.69) is 4.98 Å².